The Balaban J connectivity index is 0.00000256. The predicted octanol–water partition coefficient (Wildman–Crippen LogP) is 3.61. The Kier molecular flexibility index (Phi) is 9.90. The molecule has 0 unspecified atom stereocenters. The topological polar surface area (TPSA) is 50.4 Å². The SMILES string of the molecule is CCCCCCN=C(N)Nc1ccccc1.I. The largest absolute Gasteiger partial charge is 0.370 e. The number of nitrogens with two attached hydrogens (primary N) is 1. The lowest BCUT2D eigenvalue weighted by atomic mass is 10.2. The van der Waals surface area contributed by atoms with E-state index in [1.165, 1.54) is 19.3 Å². The first-order valence-corrected chi connectivity index (χ1v) is 5.95. The number of para-hydroxylation sites is 1. The molecule has 0 aromatic heterocycles. The van der Waals surface area contributed by atoms with Crippen molar-refractivity contribution in [3.05, 3.63) is 30.3 Å². The van der Waals surface area contributed by atoms with Gasteiger partial charge in [-0.25, -0.2) is 0 Å². The number of anilines is 1. The average Bonchev–Trinajstić information content (AvgIpc) is 2.30. The summed E-state index contributed by atoms with van der Waals surface area (Å²) in [6, 6.07) is 9.86. The van der Waals surface area contributed by atoms with Crippen LogP contribution in [0.2, 0.25) is 0 Å². The van der Waals surface area contributed by atoms with Crippen LogP contribution < -0.4 is 11.1 Å². The highest BCUT2D eigenvalue weighted by atomic mass is 127. The fraction of sp³-hybridized carbons (Fsp3) is 0.462. The highest BCUT2D eigenvalue weighted by molar-refractivity contribution is 14.0. The number of hydrogen-bond donors (Lipinski definition) is 2. The van der Waals surface area contributed by atoms with Gasteiger partial charge < -0.3 is 11.1 Å². The summed E-state index contributed by atoms with van der Waals surface area (Å²) in [5.41, 5.74) is 6.74. The zero-order valence-electron chi connectivity index (χ0n) is 10.4. The second-order valence-corrected chi connectivity index (χ2v) is 3.82. The third-order valence-corrected chi connectivity index (χ3v) is 2.34. The van der Waals surface area contributed by atoms with Crippen LogP contribution in [0.5, 0.6) is 0 Å². The lowest BCUT2D eigenvalue weighted by Crippen LogP contribution is -2.22. The second kappa shape index (κ2) is 10.4. The summed E-state index contributed by atoms with van der Waals surface area (Å²) in [5, 5.41) is 3.06. The van der Waals surface area contributed by atoms with Gasteiger partial charge in [-0.15, -0.1) is 24.0 Å². The summed E-state index contributed by atoms with van der Waals surface area (Å²) in [5.74, 6) is 0.502. The van der Waals surface area contributed by atoms with Crippen molar-refractivity contribution in [2.75, 3.05) is 11.9 Å². The molecule has 0 saturated heterocycles. The smallest absolute Gasteiger partial charge is 0.193 e. The van der Waals surface area contributed by atoms with Gasteiger partial charge in [0.1, 0.15) is 0 Å². The van der Waals surface area contributed by atoms with E-state index in [9.17, 15) is 0 Å². The molecule has 96 valence electrons. The van der Waals surface area contributed by atoms with Crippen molar-refractivity contribution in [1.29, 1.82) is 0 Å². The highest BCUT2D eigenvalue weighted by Crippen LogP contribution is 2.04. The molecule has 0 aliphatic carbocycles. The van der Waals surface area contributed by atoms with Crippen LogP contribution in [-0.2, 0) is 0 Å². The quantitative estimate of drug-likeness (QED) is 0.357. The van der Waals surface area contributed by atoms with Crippen molar-refractivity contribution < 1.29 is 0 Å². The third-order valence-electron chi connectivity index (χ3n) is 2.34. The molecule has 0 spiro atoms. The first-order chi connectivity index (χ1) is 7.83. The van der Waals surface area contributed by atoms with Gasteiger partial charge in [-0.3, -0.25) is 4.99 Å². The molecule has 0 bridgehead atoms. The zero-order valence-corrected chi connectivity index (χ0v) is 12.7. The van der Waals surface area contributed by atoms with Gasteiger partial charge in [-0.1, -0.05) is 44.4 Å². The molecule has 1 aromatic rings. The number of hydrogen-bond acceptors (Lipinski definition) is 1. The molecule has 3 N–H and O–H groups in total. The van der Waals surface area contributed by atoms with E-state index in [-0.39, 0.29) is 24.0 Å². The van der Waals surface area contributed by atoms with Crippen LogP contribution in [0, 0.1) is 0 Å². The maximum absolute atomic E-state index is 5.76. The number of guanidine groups is 1. The van der Waals surface area contributed by atoms with Crippen LogP contribution in [0.1, 0.15) is 32.6 Å². The molecule has 0 fully saturated rings. The van der Waals surface area contributed by atoms with Crippen molar-refractivity contribution in [2.24, 2.45) is 10.7 Å². The molecule has 1 rings (SSSR count). The van der Waals surface area contributed by atoms with Gasteiger partial charge in [-0.05, 0) is 18.6 Å². The van der Waals surface area contributed by atoms with Gasteiger partial charge >= 0.3 is 0 Å². The van der Waals surface area contributed by atoms with Crippen molar-refractivity contribution >= 4 is 35.6 Å². The van der Waals surface area contributed by atoms with Crippen LogP contribution in [-0.4, -0.2) is 12.5 Å². The van der Waals surface area contributed by atoms with E-state index in [1.54, 1.807) is 0 Å². The van der Waals surface area contributed by atoms with Crippen LogP contribution in [0.4, 0.5) is 5.69 Å². The van der Waals surface area contributed by atoms with E-state index in [0.29, 0.717) is 5.96 Å². The number of halogens is 1. The Hall–Kier alpha value is -0.780. The molecule has 17 heavy (non-hydrogen) atoms. The Morgan fingerprint density at radius 3 is 2.53 bits per heavy atom. The van der Waals surface area contributed by atoms with Crippen LogP contribution in [0.15, 0.2) is 35.3 Å². The van der Waals surface area contributed by atoms with Gasteiger partial charge in [0.2, 0.25) is 0 Å². The molecule has 0 amide bonds. The Bertz CT molecular complexity index is 312. The fourth-order valence-corrected chi connectivity index (χ4v) is 1.45. The Labute approximate surface area is 121 Å². The minimum absolute atomic E-state index is 0. The summed E-state index contributed by atoms with van der Waals surface area (Å²) >= 11 is 0. The maximum Gasteiger partial charge on any atom is 0.193 e. The number of benzene rings is 1. The average molecular weight is 347 g/mol. The third kappa shape index (κ3) is 8.01. The van der Waals surface area contributed by atoms with Crippen molar-refractivity contribution in [2.45, 2.75) is 32.6 Å². The molecule has 0 atom stereocenters. The van der Waals surface area contributed by atoms with Crippen LogP contribution in [0.25, 0.3) is 0 Å². The Morgan fingerprint density at radius 1 is 1.18 bits per heavy atom. The molecule has 4 heteroatoms. The van der Waals surface area contributed by atoms with Crippen LogP contribution in [0.3, 0.4) is 0 Å². The van der Waals surface area contributed by atoms with Gasteiger partial charge in [0.15, 0.2) is 5.96 Å². The molecule has 1 aromatic carbocycles. The minimum atomic E-state index is 0. The number of nitrogens with one attached hydrogen (secondary N) is 1. The highest BCUT2D eigenvalue weighted by Gasteiger charge is 1.92. The summed E-state index contributed by atoms with van der Waals surface area (Å²) in [4.78, 5) is 4.27. The second-order valence-electron chi connectivity index (χ2n) is 3.82. The minimum Gasteiger partial charge on any atom is -0.370 e. The molecule has 3 nitrogen and oxygen atoms in total. The molecule has 0 radical (unpaired) electrons. The monoisotopic (exact) mass is 347 g/mol. The summed E-state index contributed by atoms with van der Waals surface area (Å²) in [6.07, 6.45) is 4.88. The molecule has 0 aliphatic heterocycles. The fourth-order valence-electron chi connectivity index (χ4n) is 1.45. The number of nitrogens with zero attached hydrogens (tertiary/aromatic N) is 1. The first-order valence-electron chi connectivity index (χ1n) is 5.95. The summed E-state index contributed by atoms with van der Waals surface area (Å²) in [6.45, 7) is 3.01. The van der Waals surface area contributed by atoms with Gasteiger partial charge in [0.25, 0.3) is 0 Å². The van der Waals surface area contributed by atoms with E-state index >= 15 is 0 Å². The van der Waals surface area contributed by atoms with E-state index in [0.717, 1.165) is 18.7 Å². The van der Waals surface area contributed by atoms with Crippen molar-refractivity contribution in [3.8, 4) is 0 Å². The summed E-state index contributed by atoms with van der Waals surface area (Å²) < 4.78 is 0. The predicted molar refractivity (Wildman–Crippen MR) is 86.1 cm³/mol. The Morgan fingerprint density at radius 2 is 1.88 bits per heavy atom. The lowest BCUT2D eigenvalue weighted by Gasteiger charge is -2.04. The molecular formula is C13H22IN3. The number of aliphatic imine (C=N–C) groups is 1. The molecule has 0 heterocycles. The summed E-state index contributed by atoms with van der Waals surface area (Å²) in [7, 11) is 0. The maximum atomic E-state index is 5.76. The molecule has 0 saturated carbocycles. The number of rotatable bonds is 6. The normalized spacial score (nSPS) is 10.8. The first kappa shape index (κ1) is 16.2. The van der Waals surface area contributed by atoms with Crippen molar-refractivity contribution in [3.63, 3.8) is 0 Å². The van der Waals surface area contributed by atoms with Crippen LogP contribution >= 0.6 is 24.0 Å². The van der Waals surface area contributed by atoms with Gasteiger partial charge in [0, 0.05) is 12.2 Å². The van der Waals surface area contributed by atoms with Gasteiger partial charge in [-0.2, -0.15) is 0 Å². The van der Waals surface area contributed by atoms with E-state index < -0.39 is 0 Å². The van der Waals surface area contributed by atoms with E-state index in [1.807, 2.05) is 30.3 Å². The molecule has 0 aliphatic rings. The zero-order chi connectivity index (χ0) is 11.6. The lowest BCUT2D eigenvalue weighted by molar-refractivity contribution is 0.675. The van der Waals surface area contributed by atoms with Gasteiger partial charge in [0.05, 0.1) is 0 Å². The standard InChI is InChI=1S/C13H21N3.HI/c1-2-3-4-8-11-15-13(14)16-12-9-6-5-7-10-12;/h5-7,9-10H,2-4,8,11H2,1H3,(H3,14,15,16);1H. The van der Waals surface area contributed by atoms with E-state index in [4.69, 9.17) is 5.73 Å². The van der Waals surface area contributed by atoms with E-state index in [2.05, 4.69) is 17.2 Å². The van der Waals surface area contributed by atoms with Crippen molar-refractivity contribution in [1.82, 2.24) is 0 Å². The molecular weight excluding hydrogens is 325 g/mol. The number of unbranched alkanes of at least 4 members (excludes halogenated alkanes) is 3.